The Balaban J connectivity index is 4.22. The lowest BCUT2D eigenvalue weighted by Gasteiger charge is -2.18. The average Bonchev–Trinajstić information content (AvgIpc) is 3.49. The minimum Gasteiger partial charge on any atom is -0.462 e. The SMILES string of the molecule is CC/C=C\C/C=C\C/C=C\C/C=C\CCCCCCCCCCCCC(=O)OC(COC(=O)CCCCCCCCCCCCCCC)COC(=O)CCCCCCCCCCCCCCCCCCC/C=C\C/C=C\CCCCCCC. The van der Waals surface area contributed by atoms with Crippen molar-refractivity contribution in [2.45, 2.75) is 386 Å². The summed E-state index contributed by atoms with van der Waals surface area (Å²) in [5.41, 5.74) is 0. The van der Waals surface area contributed by atoms with E-state index in [0.717, 1.165) is 89.9 Å². The molecule has 1 unspecified atom stereocenters. The summed E-state index contributed by atoms with van der Waals surface area (Å²) in [6, 6.07) is 0. The second kappa shape index (κ2) is 71.3. The van der Waals surface area contributed by atoms with Crippen LogP contribution in [0.1, 0.15) is 380 Å². The molecule has 6 heteroatoms. The molecule has 0 saturated carbocycles. The van der Waals surface area contributed by atoms with Crippen molar-refractivity contribution < 1.29 is 28.6 Å². The number of carbonyl (C=O) groups is 3. The van der Waals surface area contributed by atoms with Gasteiger partial charge in [0.1, 0.15) is 13.2 Å². The van der Waals surface area contributed by atoms with Crippen molar-refractivity contribution in [1.82, 2.24) is 0 Å². The third kappa shape index (κ3) is 69.5. The van der Waals surface area contributed by atoms with Crippen molar-refractivity contribution in [2.75, 3.05) is 13.2 Å². The molecule has 1 atom stereocenters. The Bertz CT molecular complexity index is 1520. The average molecular weight is 1160 g/mol. The molecule has 0 amide bonds. The third-order valence-corrected chi connectivity index (χ3v) is 16.2. The summed E-state index contributed by atoms with van der Waals surface area (Å²) in [7, 11) is 0. The molecule has 0 saturated heterocycles. The summed E-state index contributed by atoms with van der Waals surface area (Å²) in [5, 5.41) is 0. The van der Waals surface area contributed by atoms with Crippen LogP contribution in [0.2, 0.25) is 0 Å². The molecule has 0 aromatic rings. The second-order valence-electron chi connectivity index (χ2n) is 24.5. The fraction of sp³-hybridized carbons (Fsp3) is 0.805. The standard InChI is InChI=1S/C77H138O6/c1-4-7-10-13-16-19-22-25-27-29-31-33-35-36-37-38-39-40-42-43-45-47-49-52-55-58-61-64-67-70-76(79)82-73-74(72-81-75(78)69-66-63-60-57-54-51-24-21-18-15-12-9-6-3)83-77(80)71-68-65-62-59-56-53-50-48-46-44-41-34-32-30-28-26-23-20-17-14-11-8-5-2/h8,11,17,20,22,25-26,28-29,31-32,34,74H,4-7,9-10,12-16,18-19,21,23-24,27,30,33,35-73H2,1-3H3/b11-8-,20-17-,25-22-,28-26-,31-29-,34-32-. The van der Waals surface area contributed by atoms with E-state index in [9.17, 15) is 14.4 Å². The molecule has 0 aliphatic heterocycles. The van der Waals surface area contributed by atoms with Gasteiger partial charge in [-0.15, -0.1) is 0 Å². The molecule has 0 N–H and O–H groups in total. The van der Waals surface area contributed by atoms with Crippen molar-refractivity contribution in [2.24, 2.45) is 0 Å². The summed E-state index contributed by atoms with van der Waals surface area (Å²) in [6.07, 6.45) is 93.6. The van der Waals surface area contributed by atoms with E-state index >= 15 is 0 Å². The maximum atomic E-state index is 13.0. The van der Waals surface area contributed by atoms with E-state index in [-0.39, 0.29) is 31.1 Å². The van der Waals surface area contributed by atoms with E-state index in [1.807, 2.05) is 0 Å². The Morgan fingerprint density at radius 3 is 0.735 bits per heavy atom. The van der Waals surface area contributed by atoms with E-state index in [4.69, 9.17) is 14.2 Å². The van der Waals surface area contributed by atoms with Gasteiger partial charge in [-0.2, -0.15) is 0 Å². The zero-order valence-corrected chi connectivity index (χ0v) is 55.5. The quantitative estimate of drug-likeness (QED) is 0.0261. The van der Waals surface area contributed by atoms with Crippen LogP contribution < -0.4 is 0 Å². The summed E-state index contributed by atoms with van der Waals surface area (Å²) in [4.78, 5) is 38.5. The summed E-state index contributed by atoms with van der Waals surface area (Å²) in [6.45, 7) is 6.57. The molecule has 0 rings (SSSR count). The van der Waals surface area contributed by atoms with Crippen LogP contribution in [0, 0.1) is 0 Å². The number of carbonyl (C=O) groups excluding carboxylic acids is 3. The summed E-state index contributed by atoms with van der Waals surface area (Å²) < 4.78 is 17.0. The highest BCUT2D eigenvalue weighted by molar-refractivity contribution is 5.71. The van der Waals surface area contributed by atoms with Crippen LogP contribution in [-0.4, -0.2) is 37.2 Å². The van der Waals surface area contributed by atoms with E-state index in [1.165, 1.54) is 250 Å². The van der Waals surface area contributed by atoms with E-state index in [1.54, 1.807) is 0 Å². The zero-order chi connectivity index (χ0) is 59.9. The number of esters is 3. The monoisotopic (exact) mass is 1160 g/mol. The van der Waals surface area contributed by atoms with Crippen LogP contribution in [0.5, 0.6) is 0 Å². The van der Waals surface area contributed by atoms with Gasteiger partial charge in [-0.05, 0) is 89.9 Å². The summed E-state index contributed by atoms with van der Waals surface area (Å²) >= 11 is 0. The second-order valence-corrected chi connectivity index (χ2v) is 24.5. The van der Waals surface area contributed by atoms with E-state index in [0.29, 0.717) is 19.3 Å². The van der Waals surface area contributed by atoms with Crippen LogP contribution >= 0.6 is 0 Å². The van der Waals surface area contributed by atoms with Crippen molar-refractivity contribution in [3.8, 4) is 0 Å². The van der Waals surface area contributed by atoms with Crippen LogP contribution in [0.15, 0.2) is 72.9 Å². The maximum Gasteiger partial charge on any atom is 0.306 e. The first-order valence-electron chi connectivity index (χ1n) is 36.4. The Kier molecular flexibility index (Phi) is 68.6. The molecule has 0 aliphatic rings. The number of hydrogen-bond acceptors (Lipinski definition) is 6. The molecule has 0 bridgehead atoms. The van der Waals surface area contributed by atoms with Gasteiger partial charge in [0, 0.05) is 19.3 Å². The molecule has 6 nitrogen and oxygen atoms in total. The molecule has 0 spiro atoms. The normalized spacial score (nSPS) is 12.5. The van der Waals surface area contributed by atoms with Crippen molar-refractivity contribution >= 4 is 17.9 Å². The van der Waals surface area contributed by atoms with Gasteiger partial charge in [-0.3, -0.25) is 14.4 Å². The molecular formula is C77H138O6. The fourth-order valence-electron chi connectivity index (χ4n) is 10.8. The molecule has 0 aromatic carbocycles. The van der Waals surface area contributed by atoms with Gasteiger partial charge >= 0.3 is 17.9 Å². The first kappa shape index (κ1) is 79.8. The highest BCUT2D eigenvalue weighted by Crippen LogP contribution is 2.18. The molecule has 0 radical (unpaired) electrons. The van der Waals surface area contributed by atoms with Crippen molar-refractivity contribution in [1.29, 1.82) is 0 Å². The lowest BCUT2D eigenvalue weighted by Crippen LogP contribution is -2.30. The number of rotatable bonds is 67. The Morgan fingerprint density at radius 2 is 0.470 bits per heavy atom. The Hall–Kier alpha value is -3.15. The molecule has 83 heavy (non-hydrogen) atoms. The molecule has 0 aromatic heterocycles. The molecule has 482 valence electrons. The summed E-state index contributed by atoms with van der Waals surface area (Å²) in [5.74, 6) is -0.852. The highest BCUT2D eigenvalue weighted by Gasteiger charge is 2.19. The van der Waals surface area contributed by atoms with Gasteiger partial charge in [0.25, 0.3) is 0 Å². The molecule has 0 fully saturated rings. The molecule has 0 aliphatic carbocycles. The van der Waals surface area contributed by atoms with Gasteiger partial charge in [0.05, 0.1) is 0 Å². The first-order valence-corrected chi connectivity index (χ1v) is 36.4. The molecular weight excluding hydrogens is 1020 g/mol. The van der Waals surface area contributed by atoms with Crippen molar-refractivity contribution in [3.05, 3.63) is 72.9 Å². The molecule has 0 heterocycles. The fourth-order valence-corrected chi connectivity index (χ4v) is 10.8. The van der Waals surface area contributed by atoms with Gasteiger partial charge in [0.2, 0.25) is 0 Å². The number of allylic oxidation sites excluding steroid dienone is 12. The van der Waals surface area contributed by atoms with Gasteiger partial charge in [-0.25, -0.2) is 0 Å². The lowest BCUT2D eigenvalue weighted by molar-refractivity contribution is -0.167. The van der Waals surface area contributed by atoms with Crippen LogP contribution in [0.4, 0.5) is 0 Å². The Labute approximate surface area is 516 Å². The van der Waals surface area contributed by atoms with Crippen LogP contribution in [0.25, 0.3) is 0 Å². The predicted molar refractivity (Wildman–Crippen MR) is 362 cm³/mol. The minimum atomic E-state index is -0.777. The number of ether oxygens (including phenoxy) is 3. The van der Waals surface area contributed by atoms with Gasteiger partial charge in [0.15, 0.2) is 6.10 Å². The third-order valence-electron chi connectivity index (χ3n) is 16.2. The minimum absolute atomic E-state index is 0.0719. The van der Waals surface area contributed by atoms with Crippen LogP contribution in [-0.2, 0) is 28.6 Å². The maximum absolute atomic E-state index is 13.0. The lowest BCUT2D eigenvalue weighted by atomic mass is 10.0. The first-order chi connectivity index (χ1) is 41.0. The van der Waals surface area contributed by atoms with Gasteiger partial charge < -0.3 is 14.2 Å². The highest BCUT2D eigenvalue weighted by atomic mass is 16.6. The van der Waals surface area contributed by atoms with Crippen LogP contribution in [0.3, 0.4) is 0 Å². The smallest absolute Gasteiger partial charge is 0.306 e. The van der Waals surface area contributed by atoms with E-state index in [2.05, 4.69) is 93.7 Å². The largest absolute Gasteiger partial charge is 0.462 e. The van der Waals surface area contributed by atoms with Crippen molar-refractivity contribution in [3.63, 3.8) is 0 Å². The topological polar surface area (TPSA) is 78.9 Å². The predicted octanol–water partition coefficient (Wildman–Crippen LogP) is 25.2. The zero-order valence-electron chi connectivity index (χ0n) is 55.5. The van der Waals surface area contributed by atoms with Gasteiger partial charge in [-0.1, -0.05) is 344 Å². The Morgan fingerprint density at radius 1 is 0.253 bits per heavy atom. The number of hydrogen-bond donors (Lipinski definition) is 0. The number of unbranched alkanes of at least 4 members (excludes halogenated alkanes) is 44. The van der Waals surface area contributed by atoms with E-state index < -0.39 is 6.10 Å².